The van der Waals surface area contributed by atoms with E-state index < -0.39 is 0 Å². The Kier molecular flexibility index (Phi) is 3.72. The Morgan fingerprint density at radius 1 is 1.18 bits per heavy atom. The van der Waals surface area contributed by atoms with E-state index in [1.54, 1.807) is 0 Å². The zero-order valence-corrected chi connectivity index (χ0v) is 13.0. The first kappa shape index (κ1) is 14.0. The third-order valence-corrected chi connectivity index (χ3v) is 5.07. The van der Waals surface area contributed by atoms with Crippen LogP contribution in [0.4, 0.5) is 0 Å². The molecular formula is C18H23N3O. The highest BCUT2D eigenvalue weighted by Crippen LogP contribution is 2.30. The third kappa shape index (κ3) is 2.81. The summed E-state index contributed by atoms with van der Waals surface area (Å²) >= 11 is 0. The minimum absolute atomic E-state index is 0.644. The number of nitrogens with one attached hydrogen (secondary N) is 1. The highest BCUT2D eigenvalue weighted by Gasteiger charge is 2.35. The molecule has 0 radical (unpaired) electrons. The van der Waals surface area contributed by atoms with Crippen LogP contribution in [0.3, 0.4) is 0 Å². The summed E-state index contributed by atoms with van der Waals surface area (Å²) in [6.07, 6.45) is 7.02. The average molecular weight is 297 g/mol. The van der Waals surface area contributed by atoms with Gasteiger partial charge in [-0.3, -0.25) is 4.90 Å². The summed E-state index contributed by atoms with van der Waals surface area (Å²) in [5.41, 5.74) is 1.09. The fraction of sp³-hybridized carbons (Fsp3) is 0.500. The summed E-state index contributed by atoms with van der Waals surface area (Å²) in [7, 11) is 2.20. The molecule has 116 valence electrons. The number of hydrogen-bond acceptors (Lipinski definition) is 4. The van der Waals surface area contributed by atoms with Gasteiger partial charge < -0.3 is 9.73 Å². The van der Waals surface area contributed by atoms with E-state index in [0.717, 1.165) is 35.8 Å². The van der Waals surface area contributed by atoms with Crippen LogP contribution in [0.15, 0.2) is 40.9 Å². The fourth-order valence-electron chi connectivity index (χ4n) is 3.85. The smallest absolute Gasteiger partial charge is 0.209 e. The van der Waals surface area contributed by atoms with Gasteiger partial charge >= 0.3 is 0 Å². The highest BCUT2D eigenvalue weighted by molar-refractivity contribution is 5.55. The predicted molar refractivity (Wildman–Crippen MR) is 86.4 cm³/mol. The van der Waals surface area contributed by atoms with Gasteiger partial charge in [-0.1, -0.05) is 30.3 Å². The molecule has 2 fully saturated rings. The molecule has 2 aliphatic rings. The molecular weight excluding hydrogens is 274 g/mol. The molecule has 2 bridgehead atoms. The number of hydrogen-bond donors (Lipinski definition) is 1. The van der Waals surface area contributed by atoms with Crippen molar-refractivity contribution in [3.63, 3.8) is 0 Å². The van der Waals surface area contributed by atoms with Gasteiger partial charge in [-0.25, -0.2) is 4.98 Å². The lowest BCUT2D eigenvalue weighted by molar-refractivity contribution is 0.154. The Morgan fingerprint density at radius 3 is 2.64 bits per heavy atom. The summed E-state index contributed by atoms with van der Waals surface area (Å²) in [6, 6.07) is 12.2. The maximum Gasteiger partial charge on any atom is 0.209 e. The molecule has 2 atom stereocenters. The van der Waals surface area contributed by atoms with Crippen LogP contribution in [-0.4, -0.2) is 35.1 Å². The molecule has 2 aromatic rings. The summed E-state index contributed by atoms with van der Waals surface area (Å²) in [6.45, 7) is 0.789. The zero-order valence-electron chi connectivity index (χ0n) is 13.0. The molecule has 2 unspecified atom stereocenters. The van der Waals surface area contributed by atoms with E-state index in [2.05, 4.69) is 34.4 Å². The number of rotatable bonds is 4. The molecule has 0 spiro atoms. The minimum Gasteiger partial charge on any atom is -0.439 e. The van der Waals surface area contributed by atoms with Gasteiger partial charge in [0.2, 0.25) is 5.89 Å². The molecule has 4 rings (SSSR count). The summed E-state index contributed by atoms with van der Waals surface area (Å²) < 4.78 is 5.93. The molecule has 1 aromatic heterocycles. The van der Waals surface area contributed by atoms with Gasteiger partial charge in [-0.2, -0.15) is 0 Å². The van der Waals surface area contributed by atoms with Crippen LogP contribution in [0.2, 0.25) is 0 Å². The number of oxazole rings is 1. The molecule has 2 aliphatic heterocycles. The van der Waals surface area contributed by atoms with Crippen LogP contribution < -0.4 is 5.32 Å². The minimum atomic E-state index is 0.644. The van der Waals surface area contributed by atoms with Gasteiger partial charge in [0.1, 0.15) is 0 Å². The third-order valence-electron chi connectivity index (χ3n) is 5.07. The second kappa shape index (κ2) is 5.86. The number of nitrogens with zero attached hydrogens (tertiary/aromatic N) is 2. The van der Waals surface area contributed by atoms with Crippen molar-refractivity contribution in [3.05, 3.63) is 42.4 Å². The SMILES string of the molecule is CN(Cc1ncc(-c2ccccc2)o1)C1CC2CCC(C1)N2. The molecule has 0 aliphatic carbocycles. The highest BCUT2D eigenvalue weighted by atomic mass is 16.4. The average Bonchev–Trinajstić information content (AvgIpc) is 3.14. The van der Waals surface area contributed by atoms with E-state index in [9.17, 15) is 0 Å². The largest absolute Gasteiger partial charge is 0.439 e. The second-order valence-corrected chi connectivity index (χ2v) is 6.66. The van der Waals surface area contributed by atoms with Crippen molar-refractivity contribution in [1.29, 1.82) is 0 Å². The van der Waals surface area contributed by atoms with Gasteiger partial charge in [-0.05, 0) is 32.7 Å². The Balaban J connectivity index is 1.42. The molecule has 0 amide bonds. The van der Waals surface area contributed by atoms with Gasteiger partial charge in [-0.15, -0.1) is 0 Å². The number of aromatic nitrogens is 1. The molecule has 3 heterocycles. The zero-order chi connectivity index (χ0) is 14.9. The molecule has 2 saturated heterocycles. The Bertz CT molecular complexity index is 612. The van der Waals surface area contributed by atoms with Gasteiger partial charge in [0.15, 0.2) is 5.76 Å². The number of fused-ring (bicyclic) bond motifs is 2. The van der Waals surface area contributed by atoms with E-state index in [0.29, 0.717) is 6.04 Å². The normalized spacial score (nSPS) is 27.5. The van der Waals surface area contributed by atoms with Crippen LogP contribution in [0.25, 0.3) is 11.3 Å². The Hall–Kier alpha value is -1.65. The van der Waals surface area contributed by atoms with Crippen LogP contribution in [0.5, 0.6) is 0 Å². The van der Waals surface area contributed by atoms with Crippen molar-refractivity contribution in [1.82, 2.24) is 15.2 Å². The summed E-state index contributed by atoms with van der Waals surface area (Å²) in [4.78, 5) is 6.87. The molecule has 22 heavy (non-hydrogen) atoms. The molecule has 4 nitrogen and oxygen atoms in total. The lowest BCUT2D eigenvalue weighted by Crippen LogP contribution is -2.46. The van der Waals surface area contributed by atoms with Crippen molar-refractivity contribution in [2.75, 3.05) is 7.05 Å². The molecule has 1 N–H and O–H groups in total. The first-order valence-electron chi connectivity index (χ1n) is 8.24. The van der Waals surface area contributed by atoms with E-state index in [1.807, 2.05) is 24.4 Å². The van der Waals surface area contributed by atoms with E-state index in [4.69, 9.17) is 4.42 Å². The van der Waals surface area contributed by atoms with Crippen molar-refractivity contribution in [3.8, 4) is 11.3 Å². The van der Waals surface area contributed by atoms with Gasteiger partial charge in [0, 0.05) is 23.7 Å². The summed E-state index contributed by atoms with van der Waals surface area (Å²) in [5.74, 6) is 1.67. The maximum atomic E-state index is 5.93. The van der Waals surface area contributed by atoms with Crippen LogP contribution in [0, 0.1) is 0 Å². The number of piperidine rings is 1. The van der Waals surface area contributed by atoms with Crippen molar-refractivity contribution >= 4 is 0 Å². The Morgan fingerprint density at radius 2 is 1.91 bits per heavy atom. The molecule has 4 heteroatoms. The number of benzene rings is 1. The summed E-state index contributed by atoms with van der Waals surface area (Å²) in [5, 5.41) is 3.70. The fourth-order valence-corrected chi connectivity index (χ4v) is 3.85. The van der Waals surface area contributed by atoms with Crippen molar-refractivity contribution < 1.29 is 4.42 Å². The van der Waals surface area contributed by atoms with Gasteiger partial charge in [0.25, 0.3) is 0 Å². The topological polar surface area (TPSA) is 41.3 Å². The molecule has 1 aromatic carbocycles. The first-order chi connectivity index (χ1) is 10.8. The van der Waals surface area contributed by atoms with E-state index in [1.165, 1.54) is 25.7 Å². The lowest BCUT2D eigenvalue weighted by atomic mass is 9.98. The van der Waals surface area contributed by atoms with Crippen molar-refractivity contribution in [2.24, 2.45) is 0 Å². The lowest BCUT2D eigenvalue weighted by Gasteiger charge is -2.34. The van der Waals surface area contributed by atoms with Crippen LogP contribution in [0.1, 0.15) is 31.6 Å². The van der Waals surface area contributed by atoms with Crippen LogP contribution in [-0.2, 0) is 6.54 Å². The molecule has 0 saturated carbocycles. The second-order valence-electron chi connectivity index (χ2n) is 6.66. The quantitative estimate of drug-likeness (QED) is 0.941. The van der Waals surface area contributed by atoms with E-state index >= 15 is 0 Å². The predicted octanol–water partition coefficient (Wildman–Crippen LogP) is 3.06. The first-order valence-corrected chi connectivity index (χ1v) is 8.24. The van der Waals surface area contributed by atoms with Crippen LogP contribution >= 0.6 is 0 Å². The monoisotopic (exact) mass is 297 g/mol. The van der Waals surface area contributed by atoms with E-state index in [-0.39, 0.29) is 0 Å². The maximum absolute atomic E-state index is 5.93. The standard InChI is InChI=1S/C18H23N3O/c1-21(16-9-14-7-8-15(10-16)20-14)12-18-19-11-17(22-18)13-5-3-2-4-6-13/h2-6,11,14-16,20H,7-10,12H2,1H3. The van der Waals surface area contributed by atoms with Gasteiger partial charge in [0.05, 0.1) is 12.7 Å². The van der Waals surface area contributed by atoms with Crippen molar-refractivity contribution in [2.45, 2.75) is 50.4 Å². The Labute approximate surface area is 131 Å².